The maximum absolute atomic E-state index is 13.2. The average Bonchev–Trinajstić information content (AvgIpc) is 2.21. The summed E-state index contributed by atoms with van der Waals surface area (Å²) in [6.07, 6.45) is 1.75. The van der Waals surface area contributed by atoms with Crippen molar-refractivity contribution in [1.82, 2.24) is 4.98 Å². The summed E-state index contributed by atoms with van der Waals surface area (Å²) in [7, 11) is 1.57. The Bertz CT molecular complexity index is 320. The van der Waals surface area contributed by atoms with Crippen LogP contribution in [0.25, 0.3) is 0 Å². The van der Waals surface area contributed by atoms with Crippen LogP contribution in [0.2, 0.25) is 0 Å². The standard InChI is InChI=1S/C10H14F2N2O/c1-3-8(6-15-2)14-10-9(12)4-7(11)5-13-10/h4-5,8H,3,6H2,1-2H3,(H,13,14). The number of hydrogen-bond donors (Lipinski definition) is 1. The minimum atomic E-state index is -0.690. The molecular weight excluding hydrogens is 202 g/mol. The molecule has 0 aliphatic carbocycles. The molecule has 0 fully saturated rings. The molecule has 0 aromatic carbocycles. The molecule has 84 valence electrons. The Hall–Kier alpha value is -1.23. The van der Waals surface area contributed by atoms with Crippen molar-refractivity contribution in [2.75, 3.05) is 19.0 Å². The summed E-state index contributed by atoms with van der Waals surface area (Å²) in [5, 5.41) is 2.85. The molecular formula is C10H14F2N2O. The predicted molar refractivity (Wildman–Crippen MR) is 53.7 cm³/mol. The van der Waals surface area contributed by atoms with Crippen molar-refractivity contribution in [3.63, 3.8) is 0 Å². The summed E-state index contributed by atoms with van der Waals surface area (Å²) in [5.41, 5.74) is 0. The fraction of sp³-hybridized carbons (Fsp3) is 0.500. The van der Waals surface area contributed by atoms with Gasteiger partial charge in [-0.2, -0.15) is 0 Å². The largest absolute Gasteiger partial charge is 0.383 e. The minimum absolute atomic E-state index is 0.0255. The van der Waals surface area contributed by atoms with Crippen LogP contribution in [0.4, 0.5) is 14.6 Å². The van der Waals surface area contributed by atoms with Gasteiger partial charge in [-0.15, -0.1) is 0 Å². The minimum Gasteiger partial charge on any atom is -0.383 e. The molecule has 3 nitrogen and oxygen atoms in total. The highest BCUT2D eigenvalue weighted by atomic mass is 19.1. The number of pyridine rings is 1. The third-order valence-electron chi connectivity index (χ3n) is 2.01. The summed E-state index contributed by atoms with van der Waals surface area (Å²) in [6.45, 7) is 2.40. The van der Waals surface area contributed by atoms with E-state index in [1.807, 2.05) is 6.92 Å². The van der Waals surface area contributed by atoms with Crippen molar-refractivity contribution in [2.24, 2.45) is 0 Å². The number of ether oxygens (including phenoxy) is 1. The van der Waals surface area contributed by atoms with Gasteiger partial charge in [-0.3, -0.25) is 0 Å². The van der Waals surface area contributed by atoms with Gasteiger partial charge in [-0.1, -0.05) is 6.92 Å². The van der Waals surface area contributed by atoms with Crippen LogP contribution in [0.1, 0.15) is 13.3 Å². The molecule has 5 heteroatoms. The molecule has 0 radical (unpaired) electrons. The highest BCUT2D eigenvalue weighted by molar-refractivity contribution is 5.36. The summed E-state index contributed by atoms with van der Waals surface area (Å²) < 4.78 is 30.7. The Balaban J connectivity index is 2.70. The highest BCUT2D eigenvalue weighted by Crippen LogP contribution is 2.13. The van der Waals surface area contributed by atoms with E-state index in [1.165, 1.54) is 0 Å². The van der Waals surface area contributed by atoms with Crippen molar-refractivity contribution in [1.29, 1.82) is 0 Å². The van der Waals surface area contributed by atoms with Crippen LogP contribution in [0.3, 0.4) is 0 Å². The monoisotopic (exact) mass is 216 g/mol. The molecule has 15 heavy (non-hydrogen) atoms. The summed E-state index contributed by atoms with van der Waals surface area (Å²) >= 11 is 0. The molecule has 0 spiro atoms. The van der Waals surface area contributed by atoms with Crippen LogP contribution in [-0.2, 0) is 4.74 Å². The van der Waals surface area contributed by atoms with Gasteiger partial charge in [0.1, 0.15) is 5.82 Å². The van der Waals surface area contributed by atoms with Crippen molar-refractivity contribution in [3.05, 3.63) is 23.9 Å². The lowest BCUT2D eigenvalue weighted by Crippen LogP contribution is -2.25. The summed E-state index contributed by atoms with van der Waals surface area (Å²) in [6, 6.07) is 0.775. The van der Waals surface area contributed by atoms with Gasteiger partial charge in [0, 0.05) is 13.2 Å². The third kappa shape index (κ3) is 3.43. The molecule has 1 rings (SSSR count). The predicted octanol–water partition coefficient (Wildman–Crippen LogP) is 2.20. The molecule has 0 saturated carbocycles. The van der Waals surface area contributed by atoms with E-state index in [-0.39, 0.29) is 11.9 Å². The Labute approximate surface area is 87.5 Å². The fourth-order valence-corrected chi connectivity index (χ4v) is 1.18. The normalized spacial score (nSPS) is 12.5. The van der Waals surface area contributed by atoms with Gasteiger partial charge in [0.2, 0.25) is 0 Å². The lowest BCUT2D eigenvalue weighted by atomic mass is 10.2. The Morgan fingerprint density at radius 3 is 2.80 bits per heavy atom. The number of nitrogens with one attached hydrogen (secondary N) is 1. The number of anilines is 1. The second-order valence-corrected chi connectivity index (χ2v) is 3.19. The van der Waals surface area contributed by atoms with E-state index < -0.39 is 11.6 Å². The van der Waals surface area contributed by atoms with Gasteiger partial charge in [-0.05, 0) is 6.42 Å². The SMILES string of the molecule is CCC(COC)Nc1ncc(F)cc1F. The second-order valence-electron chi connectivity index (χ2n) is 3.19. The van der Waals surface area contributed by atoms with Crippen molar-refractivity contribution < 1.29 is 13.5 Å². The molecule has 0 amide bonds. The van der Waals surface area contributed by atoms with Gasteiger partial charge in [0.25, 0.3) is 0 Å². The Morgan fingerprint density at radius 2 is 2.27 bits per heavy atom. The third-order valence-corrected chi connectivity index (χ3v) is 2.01. The van der Waals surface area contributed by atoms with E-state index in [0.29, 0.717) is 6.61 Å². The molecule has 0 aliphatic heterocycles. The topological polar surface area (TPSA) is 34.1 Å². The number of nitrogens with zero attached hydrogens (tertiary/aromatic N) is 1. The molecule has 1 aromatic rings. The van der Waals surface area contributed by atoms with Gasteiger partial charge in [0.15, 0.2) is 11.6 Å². The molecule has 0 saturated heterocycles. The number of rotatable bonds is 5. The van der Waals surface area contributed by atoms with E-state index in [4.69, 9.17) is 4.74 Å². The number of halogens is 2. The van der Waals surface area contributed by atoms with E-state index in [0.717, 1.165) is 18.7 Å². The van der Waals surface area contributed by atoms with Crippen LogP contribution in [0.5, 0.6) is 0 Å². The zero-order valence-electron chi connectivity index (χ0n) is 8.76. The van der Waals surface area contributed by atoms with E-state index in [9.17, 15) is 8.78 Å². The van der Waals surface area contributed by atoms with Crippen molar-refractivity contribution >= 4 is 5.82 Å². The van der Waals surface area contributed by atoms with Crippen molar-refractivity contribution in [3.8, 4) is 0 Å². The first-order valence-electron chi connectivity index (χ1n) is 4.73. The van der Waals surface area contributed by atoms with Crippen LogP contribution >= 0.6 is 0 Å². The lowest BCUT2D eigenvalue weighted by Gasteiger charge is -2.16. The van der Waals surface area contributed by atoms with Crippen LogP contribution < -0.4 is 5.32 Å². The Morgan fingerprint density at radius 1 is 1.53 bits per heavy atom. The highest BCUT2D eigenvalue weighted by Gasteiger charge is 2.10. The average molecular weight is 216 g/mol. The fourth-order valence-electron chi connectivity index (χ4n) is 1.18. The van der Waals surface area contributed by atoms with E-state index >= 15 is 0 Å². The molecule has 1 unspecified atom stereocenters. The maximum Gasteiger partial charge on any atom is 0.168 e. The zero-order valence-corrected chi connectivity index (χ0v) is 8.76. The Kier molecular flexibility index (Phi) is 4.42. The smallest absolute Gasteiger partial charge is 0.168 e. The van der Waals surface area contributed by atoms with Crippen LogP contribution in [0.15, 0.2) is 12.3 Å². The number of aromatic nitrogens is 1. The van der Waals surface area contributed by atoms with Gasteiger partial charge in [0.05, 0.1) is 18.8 Å². The number of hydrogen-bond acceptors (Lipinski definition) is 3. The molecule has 0 bridgehead atoms. The van der Waals surface area contributed by atoms with Gasteiger partial charge >= 0.3 is 0 Å². The molecule has 0 aliphatic rings. The molecule has 1 N–H and O–H groups in total. The van der Waals surface area contributed by atoms with Gasteiger partial charge < -0.3 is 10.1 Å². The first-order valence-corrected chi connectivity index (χ1v) is 4.73. The number of methoxy groups -OCH3 is 1. The quantitative estimate of drug-likeness (QED) is 0.819. The summed E-state index contributed by atoms with van der Waals surface area (Å²) in [5.74, 6) is -1.32. The van der Waals surface area contributed by atoms with Crippen LogP contribution in [0, 0.1) is 11.6 Å². The first kappa shape index (κ1) is 11.8. The van der Waals surface area contributed by atoms with E-state index in [1.54, 1.807) is 7.11 Å². The molecule has 1 heterocycles. The second kappa shape index (κ2) is 5.60. The maximum atomic E-state index is 13.2. The summed E-state index contributed by atoms with van der Waals surface area (Å²) in [4.78, 5) is 3.63. The van der Waals surface area contributed by atoms with Gasteiger partial charge in [-0.25, -0.2) is 13.8 Å². The van der Waals surface area contributed by atoms with Crippen LogP contribution in [-0.4, -0.2) is 24.7 Å². The first-order chi connectivity index (χ1) is 7.17. The zero-order chi connectivity index (χ0) is 11.3. The lowest BCUT2D eigenvalue weighted by molar-refractivity contribution is 0.184. The molecule has 1 atom stereocenters. The molecule has 1 aromatic heterocycles. The van der Waals surface area contributed by atoms with Crippen molar-refractivity contribution in [2.45, 2.75) is 19.4 Å². The van der Waals surface area contributed by atoms with E-state index in [2.05, 4.69) is 10.3 Å².